The average molecular weight is 275 g/mol. The second-order valence-electron chi connectivity index (χ2n) is 5.27. The van der Waals surface area contributed by atoms with Crippen LogP contribution < -0.4 is 10.2 Å². The Morgan fingerprint density at radius 2 is 1.95 bits per heavy atom. The molecule has 1 aromatic rings. The van der Waals surface area contributed by atoms with E-state index < -0.39 is 18.3 Å². The molecule has 0 aliphatic heterocycles. The highest BCUT2D eigenvalue weighted by atomic mass is 19.4. The van der Waals surface area contributed by atoms with Gasteiger partial charge in [0.2, 0.25) is 0 Å². The van der Waals surface area contributed by atoms with Gasteiger partial charge in [-0.3, -0.25) is 0 Å². The Morgan fingerprint density at radius 1 is 1.21 bits per heavy atom. The zero-order valence-electron chi connectivity index (χ0n) is 10.7. The summed E-state index contributed by atoms with van der Waals surface area (Å²) in [5, 5.41) is 0. The van der Waals surface area contributed by atoms with E-state index in [0.717, 1.165) is 43.9 Å². The third kappa shape index (κ3) is 3.64. The summed E-state index contributed by atoms with van der Waals surface area (Å²) in [6.45, 7) is -3.13. The number of benzene rings is 1. The molecule has 2 rings (SSSR count). The Morgan fingerprint density at radius 3 is 2.58 bits per heavy atom. The van der Waals surface area contributed by atoms with Gasteiger partial charge in [0.1, 0.15) is 5.82 Å². The fourth-order valence-corrected chi connectivity index (χ4v) is 2.55. The van der Waals surface area contributed by atoms with Crippen LogP contribution in [0.4, 0.5) is 17.3 Å². The quantitative estimate of drug-likeness (QED) is 0.601. The van der Waals surface area contributed by atoms with Crippen LogP contribution in [0.25, 0.3) is 0 Å². The second kappa shape index (κ2) is 5.43. The molecule has 1 aromatic carbocycles. The Hall–Kier alpha value is -1.20. The first-order chi connectivity index (χ1) is 8.86. The number of rotatable bonds is 3. The molecule has 0 heterocycles. The van der Waals surface area contributed by atoms with Crippen LogP contribution in [0.15, 0.2) is 18.2 Å². The lowest BCUT2D eigenvalue weighted by Gasteiger charge is -2.29. The molecular formula is C13H16BF4O-. The summed E-state index contributed by atoms with van der Waals surface area (Å²) in [4.78, 5) is 0. The van der Waals surface area contributed by atoms with Crippen molar-refractivity contribution < 1.29 is 22.1 Å². The molecule has 1 fully saturated rings. The number of halogens is 4. The molecule has 1 aliphatic rings. The Balaban J connectivity index is 2.21. The lowest BCUT2D eigenvalue weighted by atomic mass is 9.79. The normalized spacial score (nSPS) is 24.3. The van der Waals surface area contributed by atoms with Gasteiger partial charge < -0.3 is 17.7 Å². The van der Waals surface area contributed by atoms with Crippen LogP contribution in [-0.4, -0.2) is 13.1 Å². The van der Waals surface area contributed by atoms with Gasteiger partial charge >= 0.3 is 6.98 Å². The molecule has 0 spiro atoms. The highest BCUT2D eigenvalue weighted by Gasteiger charge is 2.31. The van der Waals surface area contributed by atoms with Crippen LogP contribution in [0.3, 0.4) is 0 Å². The molecule has 0 amide bonds. The van der Waals surface area contributed by atoms with E-state index in [1.165, 1.54) is 0 Å². The molecule has 19 heavy (non-hydrogen) atoms. The van der Waals surface area contributed by atoms with E-state index in [9.17, 15) is 17.3 Å². The number of hydrogen-bond acceptors (Lipinski definition) is 1. The first-order valence-corrected chi connectivity index (χ1v) is 6.52. The first-order valence-electron chi connectivity index (χ1n) is 6.52. The highest BCUT2D eigenvalue weighted by Crippen LogP contribution is 2.28. The molecule has 1 aliphatic carbocycles. The van der Waals surface area contributed by atoms with E-state index in [0.29, 0.717) is 5.92 Å². The van der Waals surface area contributed by atoms with Gasteiger partial charge in [-0.2, -0.15) is 0 Å². The van der Waals surface area contributed by atoms with Crippen LogP contribution in [0, 0.1) is 11.7 Å². The first kappa shape index (κ1) is 14.2. The van der Waals surface area contributed by atoms with Crippen LogP contribution in [0.5, 0.6) is 5.75 Å². The summed E-state index contributed by atoms with van der Waals surface area (Å²) in [5.41, 5.74) is -0.848. The van der Waals surface area contributed by atoms with Gasteiger partial charge in [-0.1, -0.05) is 24.9 Å². The van der Waals surface area contributed by atoms with E-state index in [1.54, 1.807) is 0 Å². The van der Waals surface area contributed by atoms with Crippen molar-refractivity contribution in [2.24, 2.45) is 5.92 Å². The van der Waals surface area contributed by atoms with Crippen LogP contribution in [-0.2, 0) is 0 Å². The Labute approximate surface area is 110 Å². The predicted octanol–water partition coefficient (Wildman–Crippen LogP) is 3.84. The van der Waals surface area contributed by atoms with Crippen molar-refractivity contribution in [3.8, 4) is 5.75 Å². The minimum Gasteiger partial charge on any atom is -0.493 e. The zero-order chi connectivity index (χ0) is 14.0. The maximum Gasteiger partial charge on any atom is 0.513 e. The summed E-state index contributed by atoms with van der Waals surface area (Å²) in [6, 6.07) is 2.42. The van der Waals surface area contributed by atoms with Gasteiger partial charge in [-0.05, 0) is 31.2 Å². The molecule has 0 bridgehead atoms. The molecule has 0 aromatic heterocycles. The molecule has 0 N–H and O–H groups in total. The lowest BCUT2D eigenvalue weighted by molar-refractivity contribution is 0.129. The predicted molar refractivity (Wildman–Crippen MR) is 67.2 cm³/mol. The minimum atomic E-state index is -5.19. The van der Waals surface area contributed by atoms with Crippen LogP contribution >= 0.6 is 0 Å². The van der Waals surface area contributed by atoms with Crippen molar-refractivity contribution in [2.45, 2.75) is 38.7 Å². The van der Waals surface area contributed by atoms with E-state index in [1.807, 2.05) is 0 Å². The summed E-state index contributed by atoms with van der Waals surface area (Å²) in [5.74, 6) is -0.638. The summed E-state index contributed by atoms with van der Waals surface area (Å²) >= 11 is 0. The molecule has 1 nitrogen and oxygen atoms in total. The Kier molecular flexibility index (Phi) is 4.06. The fraction of sp³-hybridized carbons (Fsp3) is 0.538. The van der Waals surface area contributed by atoms with Gasteiger partial charge in [-0.15, -0.1) is 0 Å². The fourth-order valence-electron chi connectivity index (χ4n) is 2.55. The standard InChI is InChI=1S/C13H16BF4O/c1-9-3-2-4-11(7-9)19-13-8-10(15)5-6-12(13)14(16,17)18/h5-6,8-9,11H,2-4,7H2,1H3/q-1. The smallest absolute Gasteiger partial charge is 0.493 e. The summed E-state index contributed by atoms with van der Waals surface area (Å²) in [6.07, 6.45) is 3.21. The van der Waals surface area contributed by atoms with E-state index >= 15 is 0 Å². The van der Waals surface area contributed by atoms with Gasteiger partial charge in [0.25, 0.3) is 0 Å². The van der Waals surface area contributed by atoms with Crippen LogP contribution in [0.2, 0.25) is 0 Å². The van der Waals surface area contributed by atoms with Crippen molar-refractivity contribution in [2.75, 3.05) is 0 Å². The van der Waals surface area contributed by atoms with Crippen molar-refractivity contribution >= 4 is 12.4 Å². The summed E-state index contributed by atoms with van der Waals surface area (Å²) < 4.78 is 57.2. The van der Waals surface area contributed by atoms with Crippen LogP contribution in [0.1, 0.15) is 32.6 Å². The largest absolute Gasteiger partial charge is 0.513 e. The van der Waals surface area contributed by atoms with Crippen molar-refractivity contribution in [1.29, 1.82) is 0 Å². The lowest BCUT2D eigenvalue weighted by Crippen LogP contribution is -2.37. The maximum absolute atomic E-state index is 13.1. The molecular weight excluding hydrogens is 259 g/mol. The third-order valence-electron chi connectivity index (χ3n) is 3.51. The Bertz CT molecular complexity index is 447. The highest BCUT2D eigenvalue weighted by molar-refractivity contribution is 6.74. The summed E-state index contributed by atoms with van der Waals surface area (Å²) in [7, 11) is 0. The van der Waals surface area contributed by atoms with E-state index in [4.69, 9.17) is 4.74 Å². The van der Waals surface area contributed by atoms with Gasteiger partial charge in [0.15, 0.2) is 0 Å². The zero-order valence-corrected chi connectivity index (χ0v) is 10.7. The van der Waals surface area contributed by atoms with Gasteiger partial charge in [0.05, 0.1) is 11.9 Å². The SMILES string of the molecule is CC1CCCC(Oc2cc(F)ccc2[B-](F)(F)F)C1. The second-order valence-corrected chi connectivity index (χ2v) is 5.27. The topological polar surface area (TPSA) is 9.23 Å². The molecule has 1 saturated carbocycles. The average Bonchev–Trinajstić information content (AvgIpc) is 2.27. The van der Waals surface area contributed by atoms with E-state index in [2.05, 4.69) is 6.92 Å². The third-order valence-corrected chi connectivity index (χ3v) is 3.51. The molecule has 0 radical (unpaired) electrons. The number of hydrogen-bond donors (Lipinski definition) is 0. The van der Waals surface area contributed by atoms with Crippen molar-refractivity contribution in [1.82, 2.24) is 0 Å². The molecule has 0 saturated heterocycles. The monoisotopic (exact) mass is 275 g/mol. The minimum absolute atomic E-state index is 0.248. The number of ether oxygens (including phenoxy) is 1. The molecule has 2 unspecified atom stereocenters. The van der Waals surface area contributed by atoms with Gasteiger partial charge in [-0.25, -0.2) is 4.39 Å². The maximum atomic E-state index is 13.1. The van der Waals surface area contributed by atoms with Crippen molar-refractivity contribution in [3.63, 3.8) is 0 Å². The van der Waals surface area contributed by atoms with Gasteiger partial charge in [0, 0.05) is 6.07 Å². The molecule has 6 heteroatoms. The molecule has 106 valence electrons. The van der Waals surface area contributed by atoms with Crippen molar-refractivity contribution in [3.05, 3.63) is 24.0 Å². The molecule has 2 atom stereocenters. The van der Waals surface area contributed by atoms with E-state index in [-0.39, 0.29) is 11.9 Å².